The topological polar surface area (TPSA) is 99.2 Å². The highest BCUT2D eigenvalue weighted by atomic mass is 16.5. The number of anilines is 1. The zero-order valence-electron chi connectivity index (χ0n) is 14.4. The molecule has 0 fully saturated rings. The maximum absolute atomic E-state index is 12.6. The summed E-state index contributed by atoms with van der Waals surface area (Å²) in [6, 6.07) is 6.14. The maximum Gasteiger partial charge on any atom is 0.297 e. The molecule has 3 rings (SSSR count). The van der Waals surface area contributed by atoms with E-state index in [1.807, 2.05) is 0 Å². The van der Waals surface area contributed by atoms with Crippen molar-refractivity contribution in [3.05, 3.63) is 46.1 Å². The normalized spacial score (nSPS) is 12.2. The van der Waals surface area contributed by atoms with Crippen LogP contribution in [0, 0.1) is 13.8 Å². The number of fused-ring (bicyclic) bond motifs is 1. The van der Waals surface area contributed by atoms with Crippen LogP contribution in [0.3, 0.4) is 0 Å². The Kier molecular flexibility index (Phi) is 4.26. The number of rotatable bonds is 4. The molecule has 0 saturated carbocycles. The fourth-order valence-electron chi connectivity index (χ4n) is 2.63. The zero-order valence-corrected chi connectivity index (χ0v) is 14.4. The number of carbonyl (C=O) groups excluding carboxylic acids is 1. The van der Waals surface area contributed by atoms with Gasteiger partial charge in [-0.3, -0.25) is 9.59 Å². The molecule has 0 unspecified atom stereocenters. The number of benzene rings is 1. The van der Waals surface area contributed by atoms with Gasteiger partial charge >= 0.3 is 0 Å². The molecule has 0 aliphatic carbocycles. The van der Waals surface area contributed by atoms with Crippen LogP contribution in [0.4, 0.5) is 5.69 Å². The molecular weight excluding hydrogens is 324 g/mol. The van der Waals surface area contributed by atoms with Gasteiger partial charge in [0.1, 0.15) is 17.6 Å². The SMILES string of the molecule is COc1cccc(NC(=O)[C@@H](C)n2nc(C)c3c(C)onc3c2=O)c1. The Labute approximate surface area is 143 Å². The lowest BCUT2D eigenvalue weighted by Crippen LogP contribution is -2.34. The largest absolute Gasteiger partial charge is 0.497 e. The number of hydrogen-bond donors (Lipinski definition) is 1. The maximum atomic E-state index is 12.6. The van der Waals surface area contributed by atoms with Gasteiger partial charge in [0.15, 0.2) is 5.52 Å². The van der Waals surface area contributed by atoms with Crippen molar-refractivity contribution >= 4 is 22.5 Å². The number of carbonyl (C=O) groups is 1. The lowest BCUT2D eigenvalue weighted by molar-refractivity contribution is -0.119. The van der Waals surface area contributed by atoms with E-state index in [1.165, 1.54) is 0 Å². The Balaban J connectivity index is 1.93. The molecule has 0 bridgehead atoms. The van der Waals surface area contributed by atoms with Crippen LogP contribution in [0.25, 0.3) is 10.9 Å². The van der Waals surface area contributed by atoms with E-state index >= 15 is 0 Å². The van der Waals surface area contributed by atoms with Gasteiger partial charge < -0.3 is 14.6 Å². The second-order valence-electron chi connectivity index (χ2n) is 5.69. The fourth-order valence-corrected chi connectivity index (χ4v) is 2.63. The van der Waals surface area contributed by atoms with Gasteiger partial charge in [0.05, 0.1) is 18.2 Å². The van der Waals surface area contributed by atoms with Gasteiger partial charge in [-0.2, -0.15) is 5.10 Å². The van der Waals surface area contributed by atoms with Crippen LogP contribution in [-0.2, 0) is 4.79 Å². The quantitative estimate of drug-likeness (QED) is 0.780. The molecular formula is C17H18N4O4. The standard InChI is InChI=1S/C17H18N4O4/c1-9-14-11(3)25-20-15(14)17(23)21(19-9)10(2)16(22)18-12-6-5-7-13(8-12)24-4/h5-8,10H,1-4H3,(H,18,22)/t10-/m1/s1. The van der Waals surface area contributed by atoms with E-state index in [1.54, 1.807) is 52.1 Å². The van der Waals surface area contributed by atoms with Gasteiger partial charge in [-0.25, -0.2) is 4.68 Å². The van der Waals surface area contributed by atoms with Gasteiger partial charge in [-0.1, -0.05) is 11.2 Å². The molecule has 8 heteroatoms. The van der Waals surface area contributed by atoms with Gasteiger partial charge in [-0.15, -0.1) is 0 Å². The molecule has 25 heavy (non-hydrogen) atoms. The molecule has 0 spiro atoms. The number of ether oxygens (including phenoxy) is 1. The predicted molar refractivity (Wildman–Crippen MR) is 91.9 cm³/mol. The first kappa shape index (κ1) is 16.7. The Morgan fingerprint density at radius 1 is 1.36 bits per heavy atom. The van der Waals surface area contributed by atoms with Crippen LogP contribution >= 0.6 is 0 Å². The number of amides is 1. The van der Waals surface area contributed by atoms with Gasteiger partial charge in [0.2, 0.25) is 5.91 Å². The van der Waals surface area contributed by atoms with Crippen molar-refractivity contribution < 1.29 is 14.1 Å². The van der Waals surface area contributed by atoms with Gasteiger partial charge in [-0.05, 0) is 32.9 Å². The average molecular weight is 342 g/mol. The summed E-state index contributed by atoms with van der Waals surface area (Å²) in [6.07, 6.45) is 0. The lowest BCUT2D eigenvalue weighted by atomic mass is 10.2. The molecule has 0 aliphatic heterocycles. The first-order valence-electron chi connectivity index (χ1n) is 7.72. The summed E-state index contributed by atoms with van der Waals surface area (Å²) in [5, 5.41) is 11.4. The van der Waals surface area contributed by atoms with E-state index in [0.717, 1.165) is 4.68 Å². The number of hydrogen-bond acceptors (Lipinski definition) is 6. The van der Waals surface area contributed by atoms with E-state index in [2.05, 4.69) is 15.6 Å². The van der Waals surface area contributed by atoms with Crippen LogP contribution in [0.1, 0.15) is 24.4 Å². The van der Waals surface area contributed by atoms with Gasteiger partial charge in [0, 0.05) is 11.8 Å². The number of aryl methyl sites for hydroxylation is 2. The number of nitrogens with one attached hydrogen (secondary N) is 1. The van der Waals surface area contributed by atoms with Crippen LogP contribution in [0.5, 0.6) is 5.75 Å². The molecule has 2 aromatic heterocycles. The van der Waals surface area contributed by atoms with Crippen molar-refractivity contribution in [3.63, 3.8) is 0 Å². The summed E-state index contributed by atoms with van der Waals surface area (Å²) in [4.78, 5) is 25.1. The molecule has 0 saturated heterocycles. The second kappa shape index (κ2) is 6.39. The Hall–Kier alpha value is -3.16. The third kappa shape index (κ3) is 2.98. The minimum atomic E-state index is -0.821. The average Bonchev–Trinajstić information content (AvgIpc) is 3.00. The van der Waals surface area contributed by atoms with Crippen LogP contribution < -0.4 is 15.6 Å². The summed E-state index contributed by atoms with van der Waals surface area (Å²) >= 11 is 0. The summed E-state index contributed by atoms with van der Waals surface area (Å²) in [5.74, 6) is 0.774. The Morgan fingerprint density at radius 2 is 2.12 bits per heavy atom. The van der Waals surface area contributed by atoms with E-state index in [4.69, 9.17) is 9.26 Å². The van der Waals surface area contributed by atoms with Gasteiger partial charge in [0.25, 0.3) is 5.56 Å². The highest BCUT2D eigenvalue weighted by Gasteiger charge is 2.22. The molecule has 8 nitrogen and oxygen atoms in total. The van der Waals surface area contributed by atoms with Crippen molar-refractivity contribution in [2.45, 2.75) is 26.8 Å². The first-order chi connectivity index (χ1) is 11.9. The van der Waals surface area contributed by atoms with E-state index in [0.29, 0.717) is 28.3 Å². The molecule has 0 aliphatic rings. The molecule has 130 valence electrons. The van der Waals surface area contributed by atoms with Crippen molar-refractivity contribution in [2.75, 3.05) is 12.4 Å². The van der Waals surface area contributed by atoms with Crippen LogP contribution in [0.2, 0.25) is 0 Å². The highest BCUT2D eigenvalue weighted by Crippen LogP contribution is 2.20. The molecule has 2 heterocycles. The summed E-state index contributed by atoms with van der Waals surface area (Å²) < 4.78 is 11.3. The minimum Gasteiger partial charge on any atom is -0.497 e. The summed E-state index contributed by atoms with van der Waals surface area (Å²) in [6.45, 7) is 5.06. The van der Waals surface area contributed by atoms with Crippen molar-refractivity contribution in [1.29, 1.82) is 0 Å². The third-order valence-corrected chi connectivity index (χ3v) is 3.98. The van der Waals surface area contributed by atoms with Crippen molar-refractivity contribution in [3.8, 4) is 5.75 Å². The second-order valence-corrected chi connectivity index (χ2v) is 5.69. The summed E-state index contributed by atoms with van der Waals surface area (Å²) in [7, 11) is 1.55. The Bertz CT molecular complexity index is 1010. The number of nitrogens with zero attached hydrogens (tertiary/aromatic N) is 3. The number of aromatic nitrogens is 3. The number of methoxy groups -OCH3 is 1. The Morgan fingerprint density at radius 3 is 2.84 bits per heavy atom. The highest BCUT2D eigenvalue weighted by molar-refractivity contribution is 5.93. The van der Waals surface area contributed by atoms with Crippen LogP contribution in [0.15, 0.2) is 33.6 Å². The molecule has 1 amide bonds. The van der Waals surface area contributed by atoms with Crippen LogP contribution in [-0.4, -0.2) is 28.0 Å². The monoisotopic (exact) mass is 342 g/mol. The molecule has 3 aromatic rings. The molecule has 1 aromatic carbocycles. The van der Waals surface area contributed by atoms with E-state index < -0.39 is 11.6 Å². The minimum absolute atomic E-state index is 0.172. The molecule has 1 atom stereocenters. The van der Waals surface area contributed by atoms with E-state index in [9.17, 15) is 9.59 Å². The zero-order chi connectivity index (χ0) is 18.1. The van der Waals surface area contributed by atoms with Crippen molar-refractivity contribution in [1.82, 2.24) is 14.9 Å². The smallest absolute Gasteiger partial charge is 0.297 e. The van der Waals surface area contributed by atoms with Crippen molar-refractivity contribution in [2.24, 2.45) is 0 Å². The molecule has 1 N–H and O–H groups in total. The first-order valence-corrected chi connectivity index (χ1v) is 7.72. The third-order valence-electron chi connectivity index (χ3n) is 3.98. The fraction of sp³-hybridized carbons (Fsp3) is 0.294. The van der Waals surface area contributed by atoms with E-state index in [-0.39, 0.29) is 11.4 Å². The summed E-state index contributed by atoms with van der Waals surface area (Å²) in [5.41, 5.74) is 0.852. The molecule has 0 radical (unpaired) electrons. The lowest BCUT2D eigenvalue weighted by Gasteiger charge is -2.15. The predicted octanol–water partition coefficient (Wildman–Crippen LogP) is 2.21.